The molecule has 0 atom stereocenters. The van der Waals surface area contributed by atoms with Crippen molar-refractivity contribution in [1.82, 2.24) is 10.2 Å². The van der Waals surface area contributed by atoms with Gasteiger partial charge in [-0.3, -0.25) is 9.79 Å². The Balaban J connectivity index is 0.00000338. The van der Waals surface area contributed by atoms with Crippen LogP contribution in [0.3, 0.4) is 0 Å². The summed E-state index contributed by atoms with van der Waals surface area (Å²) >= 11 is 0. The third-order valence-corrected chi connectivity index (χ3v) is 3.64. The van der Waals surface area contributed by atoms with Gasteiger partial charge in [0.1, 0.15) is 5.75 Å². The highest BCUT2D eigenvalue weighted by Gasteiger charge is 2.11. The summed E-state index contributed by atoms with van der Waals surface area (Å²) in [5, 5.41) is 5.90. The van der Waals surface area contributed by atoms with Crippen molar-refractivity contribution in [3.8, 4) is 5.75 Å². The van der Waals surface area contributed by atoms with Crippen LogP contribution in [0.5, 0.6) is 5.75 Å². The average molecular weight is 468 g/mol. The molecule has 0 saturated heterocycles. The molecule has 26 heavy (non-hydrogen) atoms. The molecule has 2 rings (SSSR count). The standard InChI is InChI=1S/C19H24N4O2.HI/c1-20-19(21-13-18(24)22-16-10-5-4-6-11-16)23(2)14-15-9-7-8-12-17(15)25-3;/h4-12H,13-14H2,1-3H3,(H,20,21)(H,22,24);1H. The molecule has 0 saturated carbocycles. The molecule has 0 heterocycles. The van der Waals surface area contributed by atoms with Crippen LogP contribution >= 0.6 is 24.0 Å². The van der Waals surface area contributed by atoms with Gasteiger partial charge in [-0.15, -0.1) is 24.0 Å². The molecule has 0 bridgehead atoms. The predicted octanol–water partition coefficient (Wildman–Crippen LogP) is 2.96. The maximum absolute atomic E-state index is 12.0. The number of benzene rings is 2. The van der Waals surface area contributed by atoms with Gasteiger partial charge in [-0.25, -0.2) is 0 Å². The van der Waals surface area contributed by atoms with Crippen molar-refractivity contribution in [3.63, 3.8) is 0 Å². The summed E-state index contributed by atoms with van der Waals surface area (Å²) < 4.78 is 5.37. The number of halogens is 1. The van der Waals surface area contributed by atoms with Gasteiger partial charge in [0.25, 0.3) is 0 Å². The summed E-state index contributed by atoms with van der Waals surface area (Å²) in [6.07, 6.45) is 0. The van der Waals surface area contributed by atoms with Crippen LogP contribution in [-0.4, -0.2) is 44.5 Å². The second kappa shape index (κ2) is 11.3. The van der Waals surface area contributed by atoms with Crippen LogP contribution in [0.4, 0.5) is 5.69 Å². The van der Waals surface area contributed by atoms with Gasteiger partial charge < -0.3 is 20.3 Å². The highest BCUT2D eigenvalue weighted by Crippen LogP contribution is 2.18. The molecule has 2 N–H and O–H groups in total. The molecular weight excluding hydrogens is 443 g/mol. The fourth-order valence-electron chi connectivity index (χ4n) is 2.43. The number of rotatable bonds is 6. The van der Waals surface area contributed by atoms with Crippen LogP contribution in [0.2, 0.25) is 0 Å². The van der Waals surface area contributed by atoms with Crippen LogP contribution in [0.15, 0.2) is 59.6 Å². The lowest BCUT2D eigenvalue weighted by molar-refractivity contribution is -0.115. The molecule has 1 amide bonds. The highest BCUT2D eigenvalue weighted by molar-refractivity contribution is 14.0. The number of aliphatic imine (C=N–C) groups is 1. The van der Waals surface area contributed by atoms with Crippen molar-refractivity contribution in [2.24, 2.45) is 4.99 Å². The smallest absolute Gasteiger partial charge is 0.243 e. The molecule has 0 aromatic heterocycles. The van der Waals surface area contributed by atoms with Gasteiger partial charge in [-0.05, 0) is 18.2 Å². The third-order valence-electron chi connectivity index (χ3n) is 3.64. The van der Waals surface area contributed by atoms with E-state index in [1.54, 1.807) is 14.2 Å². The molecular formula is C19H25IN4O2. The summed E-state index contributed by atoms with van der Waals surface area (Å²) in [5.41, 5.74) is 1.82. The van der Waals surface area contributed by atoms with Crippen LogP contribution in [0.1, 0.15) is 5.56 Å². The quantitative estimate of drug-likeness (QED) is 0.389. The molecule has 0 aliphatic heterocycles. The largest absolute Gasteiger partial charge is 0.496 e. The first kappa shape index (κ1) is 21.8. The van der Waals surface area contributed by atoms with Crippen molar-refractivity contribution in [2.75, 3.05) is 33.1 Å². The number of para-hydroxylation sites is 2. The normalized spacial score (nSPS) is 10.5. The maximum atomic E-state index is 12.0. The Hall–Kier alpha value is -2.29. The van der Waals surface area contributed by atoms with Crippen molar-refractivity contribution in [3.05, 3.63) is 60.2 Å². The number of carbonyl (C=O) groups excluding carboxylic acids is 1. The number of ether oxygens (including phenoxy) is 1. The van der Waals surface area contributed by atoms with Crippen molar-refractivity contribution in [1.29, 1.82) is 0 Å². The Bertz CT molecular complexity index is 722. The van der Waals surface area contributed by atoms with Gasteiger partial charge in [0.05, 0.1) is 13.7 Å². The van der Waals surface area contributed by atoms with Gasteiger partial charge in [0.15, 0.2) is 5.96 Å². The molecule has 7 heteroatoms. The molecule has 0 aliphatic rings. The van der Waals surface area contributed by atoms with E-state index < -0.39 is 0 Å². The summed E-state index contributed by atoms with van der Waals surface area (Å²) in [6, 6.07) is 17.2. The predicted molar refractivity (Wildman–Crippen MR) is 116 cm³/mol. The van der Waals surface area contributed by atoms with Gasteiger partial charge in [-0.2, -0.15) is 0 Å². The van der Waals surface area contributed by atoms with Crippen molar-refractivity contribution in [2.45, 2.75) is 6.54 Å². The zero-order valence-electron chi connectivity index (χ0n) is 15.2. The van der Waals surface area contributed by atoms with E-state index >= 15 is 0 Å². The van der Waals surface area contributed by atoms with Crippen LogP contribution in [0.25, 0.3) is 0 Å². The summed E-state index contributed by atoms with van der Waals surface area (Å²) in [6.45, 7) is 0.752. The molecule has 0 aliphatic carbocycles. The lowest BCUT2D eigenvalue weighted by Crippen LogP contribution is -2.42. The van der Waals surface area contributed by atoms with Gasteiger partial charge in [0, 0.05) is 31.9 Å². The molecule has 140 valence electrons. The number of methoxy groups -OCH3 is 1. The third kappa shape index (κ3) is 6.55. The first-order valence-electron chi connectivity index (χ1n) is 8.02. The fourth-order valence-corrected chi connectivity index (χ4v) is 2.43. The van der Waals surface area contributed by atoms with Gasteiger partial charge >= 0.3 is 0 Å². The van der Waals surface area contributed by atoms with Crippen molar-refractivity contribution >= 4 is 41.5 Å². The van der Waals surface area contributed by atoms with Crippen LogP contribution < -0.4 is 15.4 Å². The van der Waals surface area contributed by atoms with E-state index in [2.05, 4.69) is 15.6 Å². The summed E-state index contributed by atoms with van der Waals surface area (Å²) in [4.78, 5) is 18.2. The van der Waals surface area contributed by atoms with E-state index in [4.69, 9.17) is 4.74 Å². The Kier molecular flexibility index (Phi) is 9.50. The summed E-state index contributed by atoms with van der Waals surface area (Å²) in [7, 11) is 5.26. The second-order valence-corrected chi connectivity index (χ2v) is 5.48. The lowest BCUT2D eigenvalue weighted by Gasteiger charge is -2.23. The Morgan fingerprint density at radius 2 is 1.77 bits per heavy atom. The number of carbonyl (C=O) groups is 1. The number of hydrogen-bond acceptors (Lipinski definition) is 3. The molecule has 0 fully saturated rings. The zero-order chi connectivity index (χ0) is 18.1. The number of amides is 1. The minimum Gasteiger partial charge on any atom is -0.496 e. The number of guanidine groups is 1. The maximum Gasteiger partial charge on any atom is 0.243 e. The molecule has 2 aromatic carbocycles. The number of nitrogens with one attached hydrogen (secondary N) is 2. The molecule has 0 unspecified atom stereocenters. The molecule has 6 nitrogen and oxygen atoms in total. The van der Waals surface area contributed by atoms with E-state index in [1.807, 2.05) is 66.5 Å². The number of anilines is 1. The minimum atomic E-state index is -0.127. The second-order valence-electron chi connectivity index (χ2n) is 5.48. The van der Waals surface area contributed by atoms with Crippen molar-refractivity contribution < 1.29 is 9.53 Å². The van der Waals surface area contributed by atoms with Crippen LogP contribution in [0, 0.1) is 0 Å². The van der Waals surface area contributed by atoms with Gasteiger partial charge in [0.2, 0.25) is 5.91 Å². The number of hydrogen-bond donors (Lipinski definition) is 2. The van der Waals surface area contributed by atoms with Gasteiger partial charge in [-0.1, -0.05) is 36.4 Å². The number of nitrogens with zero attached hydrogens (tertiary/aromatic N) is 2. The first-order valence-corrected chi connectivity index (χ1v) is 8.02. The zero-order valence-corrected chi connectivity index (χ0v) is 17.6. The molecule has 0 radical (unpaired) electrons. The first-order chi connectivity index (χ1) is 12.1. The topological polar surface area (TPSA) is 66.0 Å². The lowest BCUT2D eigenvalue weighted by atomic mass is 10.2. The van der Waals surface area contributed by atoms with E-state index in [0.717, 1.165) is 17.0 Å². The Labute approximate surface area is 171 Å². The molecule has 0 spiro atoms. The van der Waals surface area contributed by atoms with E-state index in [-0.39, 0.29) is 36.4 Å². The average Bonchev–Trinajstić information content (AvgIpc) is 2.63. The monoisotopic (exact) mass is 468 g/mol. The SMILES string of the molecule is CN=C(NCC(=O)Nc1ccccc1)N(C)Cc1ccccc1OC.I. The van der Waals surface area contributed by atoms with E-state index in [9.17, 15) is 4.79 Å². The Morgan fingerprint density at radius 3 is 2.42 bits per heavy atom. The fraction of sp³-hybridized carbons (Fsp3) is 0.263. The molecule has 2 aromatic rings. The Morgan fingerprint density at radius 1 is 1.12 bits per heavy atom. The minimum absolute atomic E-state index is 0. The summed E-state index contributed by atoms with van der Waals surface area (Å²) in [5.74, 6) is 1.33. The van der Waals surface area contributed by atoms with E-state index in [1.165, 1.54) is 0 Å². The van der Waals surface area contributed by atoms with E-state index in [0.29, 0.717) is 12.5 Å². The highest BCUT2D eigenvalue weighted by atomic mass is 127. The van der Waals surface area contributed by atoms with Crippen LogP contribution in [-0.2, 0) is 11.3 Å².